The third-order valence-electron chi connectivity index (χ3n) is 4.62. The number of hydrogen-bond donors (Lipinski definition) is 2. The molecule has 2 saturated heterocycles. The van der Waals surface area contributed by atoms with Gasteiger partial charge in [0.05, 0.1) is 4.92 Å². The van der Waals surface area contributed by atoms with Gasteiger partial charge in [-0.2, -0.15) is 0 Å². The molecule has 2 aliphatic rings. The van der Waals surface area contributed by atoms with Gasteiger partial charge in [0.2, 0.25) is 0 Å². The van der Waals surface area contributed by atoms with Crippen LogP contribution in [0.2, 0.25) is 0 Å². The number of carbonyl (C=O) groups excluding carboxylic acids is 1. The largest absolute Gasteiger partial charge is 0.324 e. The predicted molar refractivity (Wildman–Crippen MR) is 82.8 cm³/mol. The average molecular weight is 304 g/mol. The Balaban J connectivity index is 1.64. The molecule has 22 heavy (non-hydrogen) atoms. The Kier molecular flexibility index (Phi) is 3.98. The second kappa shape index (κ2) is 5.92. The number of rotatable bonds is 3. The summed E-state index contributed by atoms with van der Waals surface area (Å²) in [6, 6.07) is 7.03. The fraction of sp³-hybridized carbons (Fsp3) is 0.533. The van der Waals surface area contributed by atoms with Crippen molar-refractivity contribution in [2.45, 2.75) is 43.8 Å². The monoisotopic (exact) mass is 304 g/mol. The molecule has 118 valence electrons. The molecule has 2 bridgehead atoms. The first-order valence-electron chi connectivity index (χ1n) is 7.57. The van der Waals surface area contributed by atoms with Crippen molar-refractivity contribution in [2.75, 3.05) is 12.4 Å². The molecule has 2 heterocycles. The van der Waals surface area contributed by atoms with E-state index in [0.29, 0.717) is 17.8 Å². The first-order valence-corrected chi connectivity index (χ1v) is 7.57. The van der Waals surface area contributed by atoms with Gasteiger partial charge in [-0.1, -0.05) is 6.07 Å². The summed E-state index contributed by atoms with van der Waals surface area (Å²) < 4.78 is 0. The van der Waals surface area contributed by atoms with Crippen molar-refractivity contribution in [1.82, 2.24) is 10.2 Å². The Labute approximate surface area is 128 Å². The van der Waals surface area contributed by atoms with Crippen LogP contribution < -0.4 is 10.6 Å². The van der Waals surface area contributed by atoms with E-state index in [1.54, 1.807) is 24.1 Å². The van der Waals surface area contributed by atoms with Crippen molar-refractivity contribution in [1.29, 1.82) is 0 Å². The molecule has 0 saturated carbocycles. The highest BCUT2D eigenvalue weighted by molar-refractivity contribution is 5.89. The molecule has 7 heteroatoms. The van der Waals surface area contributed by atoms with Crippen LogP contribution in [0.5, 0.6) is 0 Å². The van der Waals surface area contributed by atoms with Gasteiger partial charge in [-0.05, 0) is 31.7 Å². The molecule has 2 unspecified atom stereocenters. The standard InChI is InChI=1S/C15H20N4O3/c1-18(14-8-11-5-6-12(9-14)16-11)15(20)17-10-3-2-4-13(7-10)19(21)22/h2-4,7,11-12,14,16H,5-6,8-9H2,1H3,(H,17,20). The number of nitro benzene ring substituents is 1. The molecule has 2 aliphatic heterocycles. The molecule has 1 aromatic rings. The van der Waals surface area contributed by atoms with Crippen LogP contribution in [0.15, 0.2) is 24.3 Å². The zero-order chi connectivity index (χ0) is 15.7. The first kappa shape index (κ1) is 14.8. The molecule has 1 aromatic carbocycles. The molecular weight excluding hydrogens is 284 g/mol. The minimum atomic E-state index is -0.468. The van der Waals surface area contributed by atoms with Crippen LogP contribution in [0.4, 0.5) is 16.2 Å². The highest BCUT2D eigenvalue weighted by Crippen LogP contribution is 2.29. The number of nitrogens with one attached hydrogen (secondary N) is 2. The summed E-state index contributed by atoms with van der Waals surface area (Å²) in [6.07, 6.45) is 4.30. The minimum Gasteiger partial charge on any atom is -0.324 e. The highest BCUT2D eigenvalue weighted by Gasteiger charge is 2.36. The number of amides is 2. The average Bonchev–Trinajstić information content (AvgIpc) is 2.85. The molecule has 7 nitrogen and oxygen atoms in total. The molecule has 2 N–H and O–H groups in total. The van der Waals surface area contributed by atoms with E-state index in [2.05, 4.69) is 10.6 Å². The van der Waals surface area contributed by atoms with Crippen LogP contribution in [-0.2, 0) is 0 Å². The molecular formula is C15H20N4O3. The zero-order valence-corrected chi connectivity index (χ0v) is 12.5. The normalized spacial score (nSPS) is 26.5. The van der Waals surface area contributed by atoms with E-state index >= 15 is 0 Å². The Bertz CT molecular complexity index is 580. The van der Waals surface area contributed by atoms with E-state index < -0.39 is 4.92 Å². The predicted octanol–water partition coefficient (Wildman–Crippen LogP) is 2.34. The summed E-state index contributed by atoms with van der Waals surface area (Å²) >= 11 is 0. The van der Waals surface area contributed by atoms with Crippen molar-refractivity contribution in [3.63, 3.8) is 0 Å². The van der Waals surface area contributed by atoms with Gasteiger partial charge in [0, 0.05) is 43.0 Å². The van der Waals surface area contributed by atoms with Gasteiger partial charge < -0.3 is 15.5 Å². The molecule has 2 fully saturated rings. The SMILES string of the molecule is CN(C(=O)Nc1cccc([N+](=O)[O-])c1)C1CC2CCC(C1)N2. The van der Waals surface area contributed by atoms with Gasteiger partial charge in [0.1, 0.15) is 0 Å². The summed E-state index contributed by atoms with van der Waals surface area (Å²) in [5.41, 5.74) is 0.420. The van der Waals surface area contributed by atoms with E-state index in [4.69, 9.17) is 0 Å². The van der Waals surface area contributed by atoms with E-state index in [1.807, 2.05) is 0 Å². The number of nitrogens with zero attached hydrogens (tertiary/aromatic N) is 2. The number of nitro groups is 1. The first-order chi connectivity index (χ1) is 10.5. The third kappa shape index (κ3) is 3.04. The lowest BCUT2D eigenvalue weighted by atomic mass is 9.99. The highest BCUT2D eigenvalue weighted by atomic mass is 16.6. The smallest absolute Gasteiger partial charge is 0.321 e. The lowest BCUT2D eigenvalue weighted by Gasteiger charge is -2.35. The summed E-state index contributed by atoms with van der Waals surface area (Å²) in [7, 11) is 1.79. The molecule has 0 spiro atoms. The summed E-state index contributed by atoms with van der Waals surface area (Å²) in [4.78, 5) is 24.4. The molecule has 0 aliphatic carbocycles. The van der Waals surface area contributed by atoms with Gasteiger partial charge in [-0.15, -0.1) is 0 Å². The lowest BCUT2D eigenvalue weighted by Crippen LogP contribution is -2.49. The van der Waals surface area contributed by atoms with Gasteiger partial charge in [-0.3, -0.25) is 10.1 Å². The van der Waals surface area contributed by atoms with Crippen LogP contribution in [0, 0.1) is 10.1 Å². The van der Waals surface area contributed by atoms with E-state index in [9.17, 15) is 14.9 Å². The van der Waals surface area contributed by atoms with E-state index in [-0.39, 0.29) is 17.8 Å². The van der Waals surface area contributed by atoms with Crippen LogP contribution >= 0.6 is 0 Å². The maximum Gasteiger partial charge on any atom is 0.321 e. The third-order valence-corrected chi connectivity index (χ3v) is 4.62. The summed E-state index contributed by atoms with van der Waals surface area (Å²) in [6.45, 7) is 0. The number of non-ortho nitro benzene ring substituents is 1. The van der Waals surface area contributed by atoms with Crippen LogP contribution in [-0.4, -0.2) is 41.0 Å². The molecule has 2 amide bonds. The van der Waals surface area contributed by atoms with Gasteiger partial charge in [0.15, 0.2) is 0 Å². The van der Waals surface area contributed by atoms with Gasteiger partial charge in [-0.25, -0.2) is 4.79 Å². The fourth-order valence-electron chi connectivity index (χ4n) is 3.42. The zero-order valence-electron chi connectivity index (χ0n) is 12.5. The second-order valence-electron chi connectivity index (χ2n) is 6.11. The van der Waals surface area contributed by atoms with Crippen molar-refractivity contribution in [3.05, 3.63) is 34.4 Å². The molecule has 0 aromatic heterocycles. The molecule has 0 radical (unpaired) electrons. The Hall–Kier alpha value is -2.15. The maximum atomic E-state index is 12.4. The quantitative estimate of drug-likeness (QED) is 0.663. The van der Waals surface area contributed by atoms with E-state index in [0.717, 1.165) is 12.8 Å². The van der Waals surface area contributed by atoms with Crippen molar-refractivity contribution < 1.29 is 9.72 Å². The van der Waals surface area contributed by atoms with Crippen LogP contribution in [0.25, 0.3) is 0 Å². The summed E-state index contributed by atoms with van der Waals surface area (Å²) in [5.74, 6) is 0. The van der Waals surface area contributed by atoms with Gasteiger partial charge in [0.25, 0.3) is 5.69 Å². The lowest BCUT2D eigenvalue weighted by molar-refractivity contribution is -0.384. The molecule has 3 rings (SSSR count). The number of benzene rings is 1. The number of carbonyl (C=O) groups is 1. The second-order valence-corrected chi connectivity index (χ2v) is 6.11. The fourth-order valence-corrected chi connectivity index (χ4v) is 3.42. The maximum absolute atomic E-state index is 12.4. The number of fused-ring (bicyclic) bond motifs is 2. The van der Waals surface area contributed by atoms with E-state index in [1.165, 1.54) is 25.0 Å². The van der Waals surface area contributed by atoms with Crippen LogP contribution in [0.3, 0.4) is 0 Å². The Morgan fingerprint density at radius 1 is 1.36 bits per heavy atom. The summed E-state index contributed by atoms with van der Waals surface area (Å²) in [5, 5.41) is 17.1. The Morgan fingerprint density at radius 2 is 2.05 bits per heavy atom. The minimum absolute atomic E-state index is 0.0274. The molecule has 2 atom stereocenters. The number of hydrogen-bond acceptors (Lipinski definition) is 4. The number of anilines is 1. The number of urea groups is 1. The van der Waals surface area contributed by atoms with Crippen molar-refractivity contribution >= 4 is 17.4 Å². The number of piperidine rings is 1. The van der Waals surface area contributed by atoms with Crippen molar-refractivity contribution in [2.24, 2.45) is 0 Å². The Morgan fingerprint density at radius 3 is 2.68 bits per heavy atom. The topological polar surface area (TPSA) is 87.5 Å². The van der Waals surface area contributed by atoms with Crippen molar-refractivity contribution in [3.8, 4) is 0 Å². The van der Waals surface area contributed by atoms with Gasteiger partial charge >= 0.3 is 6.03 Å². The van der Waals surface area contributed by atoms with Crippen LogP contribution in [0.1, 0.15) is 25.7 Å².